The van der Waals surface area contributed by atoms with Crippen LogP contribution in [0.25, 0.3) is 0 Å². The molecule has 0 nitrogen and oxygen atoms in total. The molecular formula is CH6Cl6Si2. The summed E-state index contributed by atoms with van der Waals surface area (Å²) in [6, 6.07) is 0. The molecule has 0 amide bonds. The SMILES string of the molecule is C.Cl[SiH](Cl)Cl.Cl[SiH](Cl)Cl. The second kappa shape index (κ2) is 12.8. The Morgan fingerprint density at radius 1 is 0.556 bits per heavy atom. The van der Waals surface area contributed by atoms with Gasteiger partial charge in [0.05, 0.1) is 0 Å². The van der Waals surface area contributed by atoms with Crippen molar-refractivity contribution >= 4 is 79.9 Å². The van der Waals surface area contributed by atoms with E-state index in [-0.39, 0.29) is 7.43 Å². The van der Waals surface area contributed by atoms with Gasteiger partial charge in [-0.2, -0.15) is 0 Å². The van der Waals surface area contributed by atoms with Crippen LogP contribution in [0, 0.1) is 0 Å². The van der Waals surface area contributed by atoms with Crippen LogP contribution in [0.3, 0.4) is 0 Å². The van der Waals surface area contributed by atoms with E-state index in [1.54, 1.807) is 0 Å². The molecule has 0 saturated heterocycles. The molecule has 0 heterocycles. The van der Waals surface area contributed by atoms with Crippen molar-refractivity contribution in [2.45, 2.75) is 7.43 Å². The minimum atomic E-state index is -1.72. The lowest BCUT2D eigenvalue weighted by Gasteiger charge is -1.65. The molecule has 0 saturated carbocycles. The monoisotopic (exact) mass is 284 g/mol. The first-order valence-electron chi connectivity index (χ1n) is 1.31. The molecule has 0 aromatic heterocycles. The van der Waals surface area contributed by atoms with Gasteiger partial charge in [0.25, 0.3) is 0 Å². The van der Waals surface area contributed by atoms with Crippen LogP contribution in [-0.2, 0) is 0 Å². The molecule has 0 fully saturated rings. The van der Waals surface area contributed by atoms with Gasteiger partial charge in [-0.25, -0.2) is 0 Å². The van der Waals surface area contributed by atoms with Crippen molar-refractivity contribution in [3.63, 3.8) is 0 Å². The third-order valence-electron chi connectivity index (χ3n) is 0. The van der Waals surface area contributed by atoms with E-state index in [2.05, 4.69) is 0 Å². The van der Waals surface area contributed by atoms with Crippen LogP contribution in [0.1, 0.15) is 7.43 Å². The Morgan fingerprint density at radius 3 is 0.556 bits per heavy atom. The molecule has 8 heteroatoms. The van der Waals surface area contributed by atoms with Gasteiger partial charge in [0.15, 0.2) is 0 Å². The lowest BCUT2D eigenvalue weighted by atomic mass is 12.0. The third-order valence-corrected chi connectivity index (χ3v) is 0. The summed E-state index contributed by atoms with van der Waals surface area (Å²) in [5.41, 5.74) is 0. The molecule has 0 unspecified atom stereocenters. The standard InChI is InChI=1S/CH4.2Cl3HSi/c;2*1-4(2)3/h1H4;2*4H. The van der Waals surface area contributed by atoms with Gasteiger partial charge in [-0.3, -0.25) is 0 Å². The molecule has 9 heavy (non-hydrogen) atoms. The molecule has 0 aliphatic heterocycles. The zero-order chi connectivity index (χ0) is 7.15. The molecule has 0 aliphatic carbocycles. The van der Waals surface area contributed by atoms with Crippen molar-refractivity contribution in [3.8, 4) is 0 Å². The zero-order valence-electron chi connectivity index (χ0n) is 3.42. The van der Waals surface area contributed by atoms with Crippen molar-refractivity contribution in [2.24, 2.45) is 0 Å². The highest BCUT2D eigenvalue weighted by atomic mass is 35.8. The topological polar surface area (TPSA) is 0 Å². The van der Waals surface area contributed by atoms with Crippen molar-refractivity contribution < 1.29 is 0 Å². The summed E-state index contributed by atoms with van der Waals surface area (Å²) in [7, 11) is 0. The Balaban J connectivity index is -0.0000000720. The quantitative estimate of drug-likeness (QED) is 0.472. The molecule has 0 atom stereocenters. The highest BCUT2D eigenvalue weighted by Crippen LogP contribution is 1.97. The molecule has 0 aliphatic rings. The third kappa shape index (κ3) is 144. The van der Waals surface area contributed by atoms with Crippen molar-refractivity contribution in [1.29, 1.82) is 0 Å². The normalized spacial score (nSPS) is 8.00. The van der Waals surface area contributed by atoms with Gasteiger partial charge in [0.1, 0.15) is 0 Å². The van der Waals surface area contributed by atoms with E-state index in [4.69, 9.17) is 66.5 Å². The summed E-state index contributed by atoms with van der Waals surface area (Å²) in [6.45, 7) is -3.44. The summed E-state index contributed by atoms with van der Waals surface area (Å²) in [5.74, 6) is 0. The van der Waals surface area contributed by atoms with E-state index in [0.717, 1.165) is 0 Å². The second-order valence-corrected chi connectivity index (χ2v) is 13.4. The first kappa shape index (κ1) is 17.3. The second-order valence-electron chi connectivity index (χ2n) is 0.495. The van der Waals surface area contributed by atoms with Crippen molar-refractivity contribution in [2.75, 3.05) is 0 Å². The van der Waals surface area contributed by atoms with Gasteiger partial charge in [-0.15, -0.1) is 66.5 Å². The first-order chi connectivity index (χ1) is 3.46. The predicted octanol–water partition coefficient (Wildman–Crippen LogP) is 3.48. The largest absolute Gasteiger partial charge is 0.326 e. The van der Waals surface area contributed by atoms with Gasteiger partial charge >= 0.3 is 13.5 Å². The molecule has 0 aromatic carbocycles. The number of hydrogen-bond acceptors (Lipinski definition) is 0. The molecule has 0 spiro atoms. The van der Waals surface area contributed by atoms with Crippen LogP contribution >= 0.6 is 66.5 Å². The van der Waals surface area contributed by atoms with Gasteiger partial charge in [0, 0.05) is 0 Å². The molecule has 0 rings (SSSR count). The van der Waals surface area contributed by atoms with Gasteiger partial charge < -0.3 is 0 Å². The van der Waals surface area contributed by atoms with Crippen LogP contribution in [-0.4, -0.2) is 13.5 Å². The maximum atomic E-state index is 4.94. The van der Waals surface area contributed by atoms with E-state index < -0.39 is 13.5 Å². The van der Waals surface area contributed by atoms with Gasteiger partial charge in [-0.05, 0) is 0 Å². The average molecular weight is 287 g/mol. The Labute approximate surface area is 86.8 Å². The highest BCUT2D eigenvalue weighted by Gasteiger charge is 1.85. The van der Waals surface area contributed by atoms with E-state index in [1.807, 2.05) is 0 Å². The summed E-state index contributed by atoms with van der Waals surface area (Å²) < 4.78 is 0. The van der Waals surface area contributed by atoms with Gasteiger partial charge in [0.2, 0.25) is 0 Å². The Hall–Kier alpha value is 2.17. The smallest absolute Gasteiger partial charge is 0.130 e. The molecule has 0 bridgehead atoms. The fourth-order valence-electron chi connectivity index (χ4n) is 0. The summed E-state index contributed by atoms with van der Waals surface area (Å²) >= 11 is 29.7. The summed E-state index contributed by atoms with van der Waals surface area (Å²) in [6.07, 6.45) is 0. The molecular weight excluding hydrogens is 281 g/mol. The molecule has 0 N–H and O–H groups in total. The lowest BCUT2D eigenvalue weighted by molar-refractivity contribution is 2.50. The van der Waals surface area contributed by atoms with E-state index >= 15 is 0 Å². The average Bonchev–Trinajstić information content (AvgIpc) is 1.25. The van der Waals surface area contributed by atoms with E-state index in [1.165, 1.54) is 0 Å². The first-order valence-corrected chi connectivity index (χ1v) is 11.8. The summed E-state index contributed by atoms with van der Waals surface area (Å²) in [5, 5.41) is 0. The number of rotatable bonds is 0. The van der Waals surface area contributed by atoms with Gasteiger partial charge in [-0.1, -0.05) is 7.43 Å². The van der Waals surface area contributed by atoms with Crippen LogP contribution < -0.4 is 0 Å². The zero-order valence-corrected chi connectivity index (χ0v) is 10.3. The Kier molecular flexibility index (Phi) is 24.6. The van der Waals surface area contributed by atoms with Crippen LogP contribution in [0.4, 0.5) is 0 Å². The fraction of sp³-hybridized carbons (Fsp3) is 1.00. The highest BCUT2D eigenvalue weighted by molar-refractivity contribution is 7.54. The van der Waals surface area contributed by atoms with Crippen LogP contribution in [0.15, 0.2) is 0 Å². The van der Waals surface area contributed by atoms with Crippen LogP contribution in [0.2, 0.25) is 0 Å². The number of halogens is 6. The lowest BCUT2D eigenvalue weighted by Crippen LogP contribution is -1.66. The maximum absolute atomic E-state index is 4.94. The van der Waals surface area contributed by atoms with Crippen molar-refractivity contribution in [3.05, 3.63) is 0 Å². The van der Waals surface area contributed by atoms with Crippen LogP contribution in [0.5, 0.6) is 0 Å². The summed E-state index contributed by atoms with van der Waals surface area (Å²) in [4.78, 5) is 0. The Morgan fingerprint density at radius 2 is 0.556 bits per heavy atom. The van der Waals surface area contributed by atoms with Crippen molar-refractivity contribution in [1.82, 2.24) is 0 Å². The number of hydrogen-bond donors (Lipinski definition) is 0. The van der Waals surface area contributed by atoms with E-state index in [0.29, 0.717) is 0 Å². The predicted molar refractivity (Wildman–Crippen MR) is 56.1 cm³/mol. The molecule has 0 aromatic rings. The Bertz CT molecular complexity index is 26.5. The fourth-order valence-corrected chi connectivity index (χ4v) is 0. The minimum absolute atomic E-state index is 0. The minimum Gasteiger partial charge on any atom is -0.130 e. The maximum Gasteiger partial charge on any atom is 0.326 e. The van der Waals surface area contributed by atoms with E-state index in [9.17, 15) is 0 Å². The molecule has 0 radical (unpaired) electrons. The molecule has 60 valence electrons.